The van der Waals surface area contributed by atoms with Gasteiger partial charge in [-0.3, -0.25) is 9.69 Å². The van der Waals surface area contributed by atoms with Gasteiger partial charge in [0.25, 0.3) is 0 Å². The molecule has 1 saturated heterocycles. The third kappa shape index (κ3) is 2.88. The van der Waals surface area contributed by atoms with Gasteiger partial charge >= 0.3 is 0 Å². The fourth-order valence-corrected chi connectivity index (χ4v) is 3.16. The van der Waals surface area contributed by atoms with E-state index < -0.39 is 14.3 Å². The van der Waals surface area contributed by atoms with Crippen molar-refractivity contribution in [2.75, 3.05) is 11.4 Å². The molecule has 0 radical (unpaired) electrons. The molecule has 2 heterocycles. The summed E-state index contributed by atoms with van der Waals surface area (Å²) in [5, 5.41) is -0.497. The van der Waals surface area contributed by atoms with E-state index in [9.17, 15) is 13.2 Å². The monoisotopic (exact) mass is 328 g/mol. The van der Waals surface area contributed by atoms with Gasteiger partial charge in [-0.05, 0) is 12.1 Å². The molecule has 1 aliphatic rings. The highest BCUT2D eigenvalue weighted by molar-refractivity contribution is 8.14. The normalized spacial score (nSPS) is 20.5. The number of halogens is 3. The summed E-state index contributed by atoms with van der Waals surface area (Å²) in [5.74, 6) is -0.157. The van der Waals surface area contributed by atoms with Crippen LogP contribution in [0, 0.1) is 0 Å². The van der Waals surface area contributed by atoms with E-state index in [2.05, 4.69) is 4.98 Å². The highest BCUT2D eigenvalue weighted by atomic mass is 35.7. The van der Waals surface area contributed by atoms with Crippen LogP contribution in [0.1, 0.15) is 6.42 Å². The first-order valence-electron chi connectivity index (χ1n) is 4.84. The van der Waals surface area contributed by atoms with Crippen LogP contribution < -0.4 is 4.90 Å². The number of carbonyl (C=O) groups excluding carboxylic acids is 1. The van der Waals surface area contributed by atoms with Gasteiger partial charge in [-0.15, -0.1) is 0 Å². The predicted molar refractivity (Wildman–Crippen MR) is 69.8 cm³/mol. The van der Waals surface area contributed by atoms with Crippen LogP contribution >= 0.6 is 33.9 Å². The zero-order valence-corrected chi connectivity index (χ0v) is 11.9. The lowest BCUT2D eigenvalue weighted by Crippen LogP contribution is -2.27. The van der Waals surface area contributed by atoms with Crippen LogP contribution in [0.15, 0.2) is 12.1 Å². The van der Waals surface area contributed by atoms with Crippen LogP contribution in [-0.4, -0.2) is 31.1 Å². The Balaban J connectivity index is 2.32. The largest absolute Gasteiger partial charge is 0.295 e. The van der Waals surface area contributed by atoms with Crippen LogP contribution in [-0.2, 0) is 13.8 Å². The topological polar surface area (TPSA) is 67.3 Å². The predicted octanol–water partition coefficient (Wildman–Crippen LogP) is 2.06. The molecule has 2 rings (SSSR count). The highest BCUT2D eigenvalue weighted by Crippen LogP contribution is 2.28. The summed E-state index contributed by atoms with van der Waals surface area (Å²) >= 11 is 11.5. The van der Waals surface area contributed by atoms with Crippen LogP contribution in [0.25, 0.3) is 0 Å². The molecule has 0 saturated carbocycles. The zero-order chi connectivity index (χ0) is 13.5. The number of nitrogens with zero attached hydrogens (tertiary/aromatic N) is 2. The third-order valence-corrected chi connectivity index (χ3v) is 4.79. The van der Waals surface area contributed by atoms with Gasteiger partial charge in [-0.2, -0.15) is 0 Å². The minimum atomic E-state index is -3.78. The van der Waals surface area contributed by atoms with Crippen molar-refractivity contribution in [1.29, 1.82) is 0 Å². The van der Waals surface area contributed by atoms with Gasteiger partial charge in [-0.1, -0.05) is 23.2 Å². The summed E-state index contributed by atoms with van der Waals surface area (Å²) in [6.07, 6.45) is -0.169. The minimum absolute atomic E-state index is 0.0473. The lowest BCUT2D eigenvalue weighted by atomic mass is 10.4. The average molecular weight is 330 g/mol. The van der Waals surface area contributed by atoms with Gasteiger partial charge in [0.05, 0.1) is 0 Å². The van der Waals surface area contributed by atoms with Gasteiger partial charge in [0.1, 0.15) is 16.2 Å². The van der Waals surface area contributed by atoms with Crippen molar-refractivity contribution in [2.45, 2.75) is 11.7 Å². The Labute approximate surface area is 118 Å². The highest BCUT2D eigenvalue weighted by Gasteiger charge is 2.38. The van der Waals surface area contributed by atoms with Crippen molar-refractivity contribution >= 4 is 54.7 Å². The lowest BCUT2D eigenvalue weighted by molar-refractivity contribution is -0.117. The second kappa shape index (κ2) is 4.85. The average Bonchev–Trinajstić information content (AvgIpc) is 2.58. The first-order chi connectivity index (χ1) is 8.27. The molecule has 5 nitrogen and oxygen atoms in total. The van der Waals surface area contributed by atoms with E-state index in [1.165, 1.54) is 17.0 Å². The summed E-state index contributed by atoms with van der Waals surface area (Å²) < 4.78 is 22.4. The number of rotatable bonds is 2. The zero-order valence-electron chi connectivity index (χ0n) is 8.81. The van der Waals surface area contributed by atoms with Gasteiger partial charge in [0, 0.05) is 28.7 Å². The Morgan fingerprint density at radius 1 is 1.33 bits per heavy atom. The van der Waals surface area contributed by atoms with E-state index in [-0.39, 0.29) is 29.8 Å². The maximum atomic E-state index is 11.7. The fourth-order valence-electron chi connectivity index (χ4n) is 1.68. The summed E-state index contributed by atoms with van der Waals surface area (Å²) in [7, 11) is 1.46. The number of carbonyl (C=O) groups is 1. The minimum Gasteiger partial charge on any atom is -0.295 e. The molecule has 1 aromatic heterocycles. The summed E-state index contributed by atoms with van der Waals surface area (Å²) in [6, 6.07) is 2.86. The molecule has 1 fully saturated rings. The number of aromatic nitrogens is 1. The van der Waals surface area contributed by atoms with Crippen molar-refractivity contribution in [3.63, 3.8) is 0 Å². The number of pyridine rings is 1. The van der Waals surface area contributed by atoms with Gasteiger partial charge < -0.3 is 0 Å². The molecular weight excluding hydrogens is 323 g/mol. The smallest absolute Gasteiger partial charge is 0.237 e. The Morgan fingerprint density at radius 2 is 2.00 bits per heavy atom. The first-order valence-corrected chi connectivity index (χ1v) is 7.97. The summed E-state index contributed by atoms with van der Waals surface area (Å²) in [5.41, 5.74) is 0. The van der Waals surface area contributed by atoms with E-state index in [0.29, 0.717) is 5.02 Å². The van der Waals surface area contributed by atoms with Crippen LogP contribution in [0.2, 0.25) is 10.2 Å². The fraction of sp³-hybridized carbons (Fsp3) is 0.333. The molecule has 0 spiro atoms. The number of amides is 1. The third-order valence-electron chi connectivity index (χ3n) is 2.51. The van der Waals surface area contributed by atoms with Crippen LogP contribution in [0.5, 0.6) is 0 Å². The number of hydrogen-bond donors (Lipinski definition) is 0. The molecule has 1 unspecified atom stereocenters. The number of anilines is 1. The molecule has 1 aliphatic heterocycles. The molecule has 0 aromatic carbocycles. The van der Waals surface area contributed by atoms with Crippen LogP contribution in [0.3, 0.4) is 0 Å². The van der Waals surface area contributed by atoms with E-state index in [1.54, 1.807) is 0 Å². The van der Waals surface area contributed by atoms with Crippen molar-refractivity contribution < 1.29 is 13.2 Å². The molecule has 1 amide bonds. The molecule has 98 valence electrons. The second-order valence-electron chi connectivity index (χ2n) is 3.77. The van der Waals surface area contributed by atoms with E-state index in [4.69, 9.17) is 33.9 Å². The molecule has 0 N–H and O–H groups in total. The Kier molecular flexibility index (Phi) is 3.73. The van der Waals surface area contributed by atoms with Crippen LogP contribution in [0.4, 0.5) is 5.82 Å². The lowest BCUT2D eigenvalue weighted by Gasteiger charge is -2.15. The Morgan fingerprint density at radius 3 is 2.50 bits per heavy atom. The molecule has 1 atom stereocenters. The Hall–Kier alpha value is -0.560. The van der Waals surface area contributed by atoms with Crippen molar-refractivity contribution in [2.24, 2.45) is 0 Å². The first kappa shape index (κ1) is 13.9. The molecule has 0 bridgehead atoms. The van der Waals surface area contributed by atoms with Crippen molar-refractivity contribution in [3.8, 4) is 0 Å². The van der Waals surface area contributed by atoms with E-state index in [0.717, 1.165) is 0 Å². The quantitative estimate of drug-likeness (QED) is 0.615. The molecular formula is C9H7Cl3N2O3S. The molecule has 1 aromatic rings. The maximum absolute atomic E-state index is 11.7. The molecule has 0 aliphatic carbocycles. The SMILES string of the molecule is O=C1CC(S(=O)(=O)Cl)CN1c1cc(Cl)cc(Cl)n1. The number of hydrogen-bond acceptors (Lipinski definition) is 4. The van der Waals surface area contributed by atoms with Gasteiger partial charge in [0.2, 0.25) is 15.0 Å². The molecule has 9 heteroatoms. The van der Waals surface area contributed by atoms with Crippen molar-refractivity contribution in [1.82, 2.24) is 4.98 Å². The van der Waals surface area contributed by atoms with Crippen molar-refractivity contribution in [3.05, 3.63) is 22.3 Å². The van der Waals surface area contributed by atoms with Gasteiger partial charge in [-0.25, -0.2) is 13.4 Å². The van der Waals surface area contributed by atoms with E-state index in [1.807, 2.05) is 0 Å². The summed E-state index contributed by atoms with van der Waals surface area (Å²) in [4.78, 5) is 16.9. The Bertz CT molecular complexity index is 585. The maximum Gasteiger partial charge on any atom is 0.237 e. The summed E-state index contributed by atoms with van der Waals surface area (Å²) in [6.45, 7) is -0.0473. The van der Waals surface area contributed by atoms with E-state index >= 15 is 0 Å². The second-order valence-corrected chi connectivity index (χ2v) is 7.50. The molecule has 18 heavy (non-hydrogen) atoms. The van der Waals surface area contributed by atoms with Gasteiger partial charge in [0.15, 0.2) is 0 Å². The standard InChI is InChI=1S/C9H7Cl3N2O3S/c10-5-1-7(11)13-8(2-5)14-4-6(3-9(14)15)18(12,16)17/h1-2,6H,3-4H2.